The molecule has 0 fully saturated rings. The zero-order chi connectivity index (χ0) is 13.9. The van der Waals surface area contributed by atoms with E-state index in [0.717, 1.165) is 28.1 Å². The second-order valence-corrected chi connectivity index (χ2v) is 4.87. The molecule has 0 aliphatic heterocycles. The molecule has 1 heterocycles. The Kier molecular flexibility index (Phi) is 3.39. The normalized spacial score (nSPS) is 10.4. The molecule has 0 saturated heterocycles. The Hall–Kier alpha value is -2.33. The van der Waals surface area contributed by atoms with Crippen LogP contribution in [0.25, 0.3) is 11.0 Å². The summed E-state index contributed by atoms with van der Waals surface area (Å²) in [7, 11) is 0. The first-order valence-corrected chi connectivity index (χ1v) is 6.74. The van der Waals surface area contributed by atoms with E-state index < -0.39 is 0 Å². The highest BCUT2D eigenvalue weighted by Crippen LogP contribution is 2.14. The highest BCUT2D eigenvalue weighted by Gasteiger charge is 2.10. The van der Waals surface area contributed by atoms with Crippen molar-refractivity contribution in [2.45, 2.75) is 6.92 Å². The van der Waals surface area contributed by atoms with E-state index in [2.05, 4.69) is 15.3 Å². The first kappa shape index (κ1) is 12.7. The van der Waals surface area contributed by atoms with E-state index in [4.69, 9.17) is 12.2 Å². The molecule has 0 spiro atoms. The molecule has 3 nitrogen and oxygen atoms in total. The van der Waals surface area contributed by atoms with E-state index in [-0.39, 0.29) is 0 Å². The summed E-state index contributed by atoms with van der Waals surface area (Å²) in [4.78, 5) is 9.74. The van der Waals surface area contributed by atoms with Crippen molar-refractivity contribution in [1.29, 1.82) is 0 Å². The van der Waals surface area contributed by atoms with Gasteiger partial charge in [0.1, 0.15) is 10.7 Å². The SMILES string of the molecule is Cc1nc2ccccc2nc1C(=S)Nc1ccccc1. The number of aromatic nitrogens is 2. The average molecular weight is 279 g/mol. The number of hydrogen-bond donors (Lipinski definition) is 1. The van der Waals surface area contributed by atoms with E-state index >= 15 is 0 Å². The number of thiocarbonyl (C=S) groups is 1. The van der Waals surface area contributed by atoms with Gasteiger partial charge in [-0.15, -0.1) is 0 Å². The maximum atomic E-state index is 5.44. The summed E-state index contributed by atoms with van der Waals surface area (Å²) in [5.74, 6) is 0. The summed E-state index contributed by atoms with van der Waals surface area (Å²) in [5.41, 5.74) is 4.24. The lowest BCUT2D eigenvalue weighted by atomic mass is 10.2. The summed E-state index contributed by atoms with van der Waals surface area (Å²) in [5, 5.41) is 3.19. The van der Waals surface area contributed by atoms with Crippen LogP contribution in [0.2, 0.25) is 0 Å². The minimum absolute atomic E-state index is 0.590. The molecule has 0 atom stereocenters. The molecule has 0 amide bonds. The largest absolute Gasteiger partial charge is 0.345 e. The highest BCUT2D eigenvalue weighted by atomic mass is 32.1. The molecule has 20 heavy (non-hydrogen) atoms. The van der Waals surface area contributed by atoms with Crippen molar-refractivity contribution >= 4 is 33.9 Å². The Morgan fingerprint density at radius 3 is 2.20 bits per heavy atom. The summed E-state index contributed by atoms with van der Waals surface area (Å²) in [6.07, 6.45) is 0. The maximum Gasteiger partial charge on any atom is 0.131 e. The predicted octanol–water partition coefficient (Wildman–Crippen LogP) is 3.73. The molecular weight excluding hydrogens is 266 g/mol. The van der Waals surface area contributed by atoms with Crippen LogP contribution in [-0.4, -0.2) is 15.0 Å². The lowest BCUT2D eigenvalue weighted by Crippen LogP contribution is -2.15. The van der Waals surface area contributed by atoms with Crippen LogP contribution in [0.3, 0.4) is 0 Å². The minimum atomic E-state index is 0.590. The molecule has 0 aliphatic rings. The molecule has 3 rings (SSSR count). The monoisotopic (exact) mass is 279 g/mol. The second kappa shape index (κ2) is 5.35. The molecule has 0 radical (unpaired) electrons. The van der Waals surface area contributed by atoms with Crippen LogP contribution in [0, 0.1) is 6.92 Å². The summed E-state index contributed by atoms with van der Waals surface area (Å²) in [6.45, 7) is 1.92. The molecule has 1 N–H and O–H groups in total. The van der Waals surface area contributed by atoms with Gasteiger partial charge in [-0.1, -0.05) is 42.5 Å². The number of rotatable bonds is 2. The van der Waals surface area contributed by atoms with Crippen LogP contribution in [0.15, 0.2) is 54.6 Å². The molecular formula is C16H13N3S. The van der Waals surface area contributed by atoms with Gasteiger partial charge < -0.3 is 5.32 Å². The first-order valence-electron chi connectivity index (χ1n) is 6.34. The van der Waals surface area contributed by atoms with Gasteiger partial charge in [0.25, 0.3) is 0 Å². The van der Waals surface area contributed by atoms with E-state index in [1.54, 1.807) is 0 Å². The molecule has 0 unspecified atom stereocenters. The van der Waals surface area contributed by atoms with Crippen molar-refractivity contribution in [1.82, 2.24) is 9.97 Å². The van der Waals surface area contributed by atoms with Crippen molar-refractivity contribution in [3.63, 3.8) is 0 Å². The minimum Gasteiger partial charge on any atom is -0.345 e. The van der Waals surface area contributed by atoms with Crippen LogP contribution >= 0.6 is 12.2 Å². The van der Waals surface area contributed by atoms with E-state index in [0.29, 0.717) is 4.99 Å². The van der Waals surface area contributed by atoms with Crippen molar-refractivity contribution < 1.29 is 0 Å². The van der Waals surface area contributed by atoms with Crippen LogP contribution < -0.4 is 5.32 Å². The number of anilines is 1. The molecule has 98 valence electrons. The third-order valence-corrected chi connectivity index (χ3v) is 3.29. The highest BCUT2D eigenvalue weighted by molar-refractivity contribution is 7.81. The van der Waals surface area contributed by atoms with Gasteiger partial charge in [0.15, 0.2) is 0 Å². The van der Waals surface area contributed by atoms with Crippen molar-refractivity contribution in [2.24, 2.45) is 0 Å². The third-order valence-electron chi connectivity index (χ3n) is 2.99. The predicted molar refractivity (Wildman–Crippen MR) is 86.0 cm³/mol. The van der Waals surface area contributed by atoms with Gasteiger partial charge in [-0.3, -0.25) is 0 Å². The number of aryl methyl sites for hydroxylation is 1. The molecule has 4 heteroatoms. The van der Waals surface area contributed by atoms with Gasteiger partial charge in [0.05, 0.1) is 16.7 Å². The molecule has 2 aromatic carbocycles. The smallest absolute Gasteiger partial charge is 0.131 e. The topological polar surface area (TPSA) is 37.8 Å². The van der Waals surface area contributed by atoms with Crippen molar-refractivity contribution in [2.75, 3.05) is 5.32 Å². The standard InChI is InChI=1S/C16H13N3S/c1-11-15(16(20)18-12-7-3-2-4-8-12)19-14-10-6-5-9-13(14)17-11/h2-10H,1H3,(H,18,20). The number of nitrogens with zero attached hydrogens (tertiary/aromatic N) is 2. The molecule has 0 saturated carbocycles. The van der Waals surface area contributed by atoms with E-state index in [1.807, 2.05) is 61.5 Å². The van der Waals surface area contributed by atoms with Crippen LogP contribution in [0.1, 0.15) is 11.4 Å². The summed E-state index contributed by atoms with van der Waals surface area (Å²) in [6, 6.07) is 17.6. The van der Waals surface area contributed by atoms with Gasteiger partial charge in [-0.2, -0.15) is 0 Å². The van der Waals surface area contributed by atoms with E-state index in [9.17, 15) is 0 Å². The van der Waals surface area contributed by atoms with Gasteiger partial charge >= 0.3 is 0 Å². The zero-order valence-electron chi connectivity index (χ0n) is 11.0. The van der Waals surface area contributed by atoms with Gasteiger partial charge in [0.2, 0.25) is 0 Å². The molecule has 3 aromatic rings. The number of fused-ring (bicyclic) bond motifs is 1. The first-order chi connectivity index (χ1) is 9.74. The van der Waals surface area contributed by atoms with Gasteiger partial charge in [0, 0.05) is 5.69 Å². The average Bonchev–Trinajstić information content (AvgIpc) is 2.47. The van der Waals surface area contributed by atoms with Crippen LogP contribution in [-0.2, 0) is 0 Å². The van der Waals surface area contributed by atoms with Crippen LogP contribution in [0.5, 0.6) is 0 Å². The fraction of sp³-hybridized carbons (Fsp3) is 0.0625. The van der Waals surface area contributed by atoms with Gasteiger partial charge in [-0.05, 0) is 31.2 Å². The number of para-hydroxylation sites is 3. The molecule has 0 bridgehead atoms. The zero-order valence-corrected chi connectivity index (χ0v) is 11.8. The molecule has 1 aromatic heterocycles. The Labute approximate surface area is 122 Å². The number of hydrogen-bond acceptors (Lipinski definition) is 3. The fourth-order valence-corrected chi connectivity index (χ4v) is 2.33. The summed E-state index contributed by atoms with van der Waals surface area (Å²) < 4.78 is 0. The number of benzene rings is 2. The third kappa shape index (κ3) is 2.51. The second-order valence-electron chi connectivity index (χ2n) is 4.47. The van der Waals surface area contributed by atoms with Crippen LogP contribution in [0.4, 0.5) is 5.69 Å². The Balaban J connectivity index is 1.97. The van der Waals surface area contributed by atoms with Crippen molar-refractivity contribution in [3.05, 3.63) is 66.0 Å². The quantitative estimate of drug-likeness (QED) is 0.725. The van der Waals surface area contributed by atoms with E-state index in [1.165, 1.54) is 0 Å². The van der Waals surface area contributed by atoms with Crippen molar-refractivity contribution in [3.8, 4) is 0 Å². The Morgan fingerprint density at radius 2 is 1.50 bits per heavy atom. The Morgan fingerprint density at radius 1 is 0.900 bits per heavy atom. The van der Waals surface area contributed by atoms with Gasteiger partial charge in [-0.25, -0.2) is 9.97 Å². The fourth-order valence-electron chi connectivity index (χ4n) is 2.02. The lowest BCUT2D eigenvalue weighted by Gasteiger charge is -2.10. The number of nitrogens with one attached hydrogen (secondary N) is 1. The lowest BCUT2D eigenvalue weighted by molar-refractivity contribution is 1.17. The molecule has 0 aliphatic carbocycles. The summed E-state index contributed by atoms with van der Waals surface area (Å²) >= 11 is 5.44. The maximum absolute atomic E-state index is 5.44. The Bertz CT molecular complexity index is 769.